The molecule has 0 spiro atoms. The van der Waals surface area contributed by atoms with Crippen molar-refractivity contribution in [2.45, 2.75) is 25.3 Å². The van der Waals surface area contributed by atoms with Crippen molar-refractivity contribution in [1.29, 1.82) is 0 Å². The first-order valence-corrected chi connectivity index (χ1v) is 5.20. The van der Waals surface area contributed by atoms with Crippen LogP contribution in [0.4, 0.5) is 5.82 Å². The molecule has 0 bridgehead atoms. The zero-order chi connectivity index (χ0) is 9.64. The van der Waals surface area contributed by atoms with E-state index in [2.05, 4.69) is 20.8 Å². The minimum Gasteiger partial charge on any atom is -0.369 e. The van der Waals surface area contributed by atoms with E-state index in [4.69, 9.17) is 0 Å². The van der Waals surface area contributed by atoms with E-state index in [0.29, 0.717) is 6.04 Å². The van der Waals surface area contributed by atoms with Gasteiger partial charge in [0.2, 0.25) is 0 Å². The zero-order valence-corrected chi connectivity index (χ0v) is 8.24. The Bertz CT molecular complexity index is 256. The molecule has 0 aliphatic carbocycles. The molecule has 4 heteroatoms. The highest BCUT2D eigenvalue weighted by molar-refractivity contribution is 5.31. The first-order chi connectivity index (χ1) is 6.95. The normalized spacial score (nSPS) is 21.0. The minimum atomic E-state index is 0.694. The minimum absolute atomic E-state index is 0.694. The van der Waals surface area contributed by atoms with Gasteiger partial charge >= 0.3 is 0 Å². The van der Waals surface area contributed by atoms with Crippen molar-refractivity contribution in [3.05, 3.63) is 18.3 Å². The van der Waals surface area contributed by atoms with Gasteiger partial charge in [0.1, 0.15) is 5.82 Å². The van der Waals surface area contributed by atoms with Crippen molar-refractivity contribution in [3.8, 4) is 0 Å². The van der Waals surface area contributed by atoms with Crippen LogP contribution in [0.5, 0.6) is 0 Å². The Labute approximate surface area is 84.1 Å². The topological polar surface area (TPSA) is 49.8 Å². The van der Waals surface area contributed by atoms with Crippen LogP contribution >= 0.6 is 0 Å². The number of nitrogens with one attached hydrogen (secondary N) is 2. The van der Waals surface area contributed by atoms with Crippen molar-refractivity contribution in [2.75, 3.05) is 18.4 Å². The highest BCUT2D eigenvalue weighted by Gasteiger charge is 2.12. The lowest BCUT2D eigenvalue weighted by Gasteiger charge is -2.10. The largest absolute Gasteiger partial charge is 0.369 e. The molecule has 0 radical (unpaired) electrons. The highest BCUT2D eigenvalue weighted by Crippen LogP contribution is 2.08. The van der Waals surface area contributed by atoms with Crippen molar-refractivity contribution in [1.82, 2.24) is 15.5 Å². The van der Waals surface area contributed by atoms with E-state index in [1.54, 1.807) is 6.20 Å². The van der Waals surface area contributed by atoms with Crippen LogP contribution in [-0.4, -0.2) is 29.3 Å². The first kappa shape index (κ1) is 9.40. The van der Waals surface area contributed by atoms with Crippen LogP contribution in [-0.2, 0) is 0 Å². The fraction of sp³-hybridized carbons (Fsp3) is 0.600. The summed E-state index contributed by atoms with van der Waals surface area (Å²) in [4.78, 5) is 0. The quantitative estimate of drug-likeness (QED) is 0.748. The van der Waals surface area contributed by atoms with Gasteiger partial charge in [-0.2, -0.15) is 5.10 Å². The molecule has 1 aliphatic rings. The summed E-state index contributed by atoms with van der Waals surface area (Å²) in [6, 6.07) is 4.53. The van der Waals surface area contributed by atoms with Crippen LogP contribution in [0.1, 0.15) is 19.3 Å². The number of aromatic nitrogens is 2. The van der Waals surface area contributed by atoms with Gasteiger partial charge in [-0.25, -0.2) is 0 Å². The summed E-state index contributed by atoms with van der Waals surface area (Å²) in [6.45, 7) is 2.15. The molecule has 0 aromatic carbocycles. The van der Waals surface area contributed by atoms with Gasteiger partial charge in [0.15, 0.2) is 0 Å². The van der Waals surface area contributed by atoms with Crippen LogP contribution in [0.2, 0.25) is 0 Å². The number of hydrogen-bond acceptors (Lipinski definition) is 4. The summed E-state index contributed by atoms with van der Waals surface area (Å²) in [5, 5.41) is 14.5. The molecule has 0 amide bonds. The van der Waals surface area contributed by atoms with Gasteiger partial charge < -0.3 is 10.6 Å². The molecule has 1 aliphatic heterocycles. The Morgan fingerprint density at radius 2 is 2.57 bits per heavy atom. The van der Waals surface area contributed by atoms with Crippen LogP contribution in [0.3, 0.4) is 0 Å². The van der Waals surface area contributed by atoms with Crippen LogP contribution < -0.4 is 10.6 Å². The Hall–Kier alpha value is -1.16. The average molecular weight is 192 g/mol. The van der Waals surface area contributed by atoms with E-state index in [9.17, 15) is 0 Å². The van der Waals surface area contributed by atoms with Gasteiger partial charge in [-0.05, 0) is 37.9 Å². The summed E-state index contributed by atoms with van der Waals surface area (Å²) in [7, 11) is 0. The van der Waals surface area contributed by atoms with Gasteiger partial charge in [0, 0.05) is 18.8 Å². The lowest BCUT2D eigenvalue weighted by molar-refractivity contribution is 0.574. The smallest absolute Gasteiger partial charge is 0.148 e. The van der Waals surface area contributed by atoms with Gasteiger partial charge in [-0.1, -0.05) is 0 Å². The summed E-state index contributed by atoms with van der Waals surface area (Å²) >= 11 is 0. The van der Waals surface area contributed by atoms with E-state index in [1.165, 1.54) is 19.4 Å². The van der Waals surface area contributed by atoms with Gasteiger partial charge in [0.25, 0.3) is 0 Å². The second-order valence-corrected chi connectivity index (χ2v) is 3.62. The maximum absolute atomic E-state index is 3.96. The van der Waals surface area contributed by atoms with Crippen LogP contribution in [0.25, 0.3) is 0 Å². The number of nitrogens with zero attached hydrogens (tertiary/aromatic N) is 2. The summed E-state index contributed by atoms with van der Waals surface area (Å²) in [5.41, 5.74) is 0. The third-order valence-corrected chi connectivity index (χ3v) is 2.53. The Morgan fingerprint density at radius 1 is 1.57 bits per heavy atom. The standard InChI is InChI=1S/C10H16N4/c1-3-9(11-6-1)5-8-12-10-4-2-7-13-14-10/h2,4,7,9,11H,1,3,5-6,8H2,(H,12,14)/t9-/m0/s1. The summed E-state index contributed by atoms with van der Waals surface area (Å²) in [6.07, 6.45) is 5.47. The second-order valence-electron chi connectivity index (χ2n) is 3.62. The van der Waals surface area contributed by atoms with Gasteiger partial charge in [0.05, 0.1) is 0 Å². The highest BCUT2D eigenvalue weighted by atomic mass is 15.2. The molecule has 1 fully saturated rings. The second kappa shape index (κ2) is 4.91. The summed E-state index contributed by atoms with van der Waals surface area (Å²) < 4.78 is 0. The molecule has 1 saturated heterocycles. The average Bonchev–Trinajstić information content (AvgIpc) is 2.72. The third-order valence-electron chi connectivity index (χ3n) is 2.53. The number of rotatable bonds is 4. The predicted octanol–water partition coefficient (Wildman–Crippen LogP) is 1.03. The zero-order valence-electron chi connectivity index (χ0n) is 8.24. The Morgan fingerprint density at radius 3 is 3.29 bits per heavy atom. The monoisotopic (exact) mass is 192 g/mol. The SMILES string of the molecule is c1cnnc(NCC[C@@H]2CCCN2)c1. The van der Waals surface area contributed by atoms with E-state index < -0.39 is 0 Å². The lowest BCUT2D eigenvalue weighted by atomic mass is 10.1. The molecule has 2 heterocycles. The van der Waals surface area contributed by atoms with Crippen molar-refractivity contribution in [2.24, 2.45) is 0 Å². The molecule has 0 saturated carbocycles. The summed E-state index contributed by atoms with van der Waals surface area (Å²) in [5.74, 6) is 0.866. The van der Waals surface area contributed by atoms with Crippen LogP contribution in [0.15, 0.2) is 18.3 Å². The van der Waals surface area contributed by atoms with Crippen molar-refractivity contribution in [3.63, 3.8) is 0 Å². The van der Waals surface area contributed by atoms with Crippen molar-refractivity contribution < 1.29 is 0 Å². The third kappa shape index (κ3) is 2.67. The molecule has 0 unspecified atom stereocenters. The molecule has 1 aromatic heterocycles. The van der Waals surface area contributed by atoms with Crippen LogP contribution in [0, 0.1) is 0 Å². The molecule has 2 rings (SSSR count). The Kier molecular flexibility index (Phi) is 3.29. The van der Waals surface area contributed by atoms with E-state index in [0.717, 1.165) is 18.8 Å². The maximum atomic E-state index is 3.96. The lowest BCUT2D eigenvalue weighted by Crippen LogP contribution is -2.24. The number of hydrogen-bond donors (Lipinski definition) is 2. The maximum Gasteiger partial charge on any atom is 0.148 e. The fourth-order valence-electron chi connectivity index (χ4n) is 1.77. The van der Waals surface area contributed by atoms with E-state index in [1.807, 2.05) is 12.1 Å². The molecular weight excluding hydrogens is 176 g/mol. The first-order valence-electron chi connectivity index (χ1n) is 5.20. The van der Waals surface area contributed by atoms with E-state index in [-0.39, 0.29) is 0 Å². The molecule has 4 nitrogen and oxygen atoms in total. The molecule has 76 valence electrons. The molecular formula is C10H16N4. The number of anilines is 1. The molecule has 2 N–H and O–H groups in total. The Balaban J connectivity index is 1.67. The molecule has 1 aromatic rings. The van der Waals surface area contributed by atoms with Gasteiger partial charge in [-0.15, -0.1) is 5.10 Å². The van der Waals surface area contributed by atoms with E-state index >= 15 is 0 Å². The van der Waals surface area contributed by atoms with Gasteiger partial charge in [-0.3, -0.25) is 0 Å². The predicted molar refractivity (Wildman–Crippen MR) is 56.2 cm³/mol. The molecule has 1 atom stereocenters. The fourth-order valence-corrected chi connectivity index (χ4v) is 1.77. The van der Waals surface area contributed by atoms with Crippen molar-refractivity contribution >= 4 is 5.82 Å². The molecule has 14 heavy (non-hydrogen) atoms.